The molecule has 10 heteroatoms. The van der Waals surface area contributed by atoms with E-state index in [-0.39, 0.29) is 24.3 Å². The molecule has 140 valence electrons. The molecule has 0 fully saturated rings. The third-order valence-corrected chi connectivity index (χ3v) is 3.40. The minimum atomic E-state index is -0.324. The molecule has 10 nitrogen and oxygen atoms in total. The molecule has 0 radical (unpaired) electrons. The van der Waals surface area contributed by atoms with Crippen molar-refractivity contribution in [3.63, 3.8) is 0 Å². The minimum absolute atomic E-state index is 0.0644. The van der Waals surface area contributed by atoms with Gasteiger partial charge in [-0.05, 0) is 17.7 Å². The fourth-order valence-electron chi connectivity index (χ4n) is 2.03. The molecule has 2 aromatic rings. The number of methoxy groups -OCH3 is 2. The van der Waals surface area contributed by atoms with Gasteiger partial charge in [0, 0.05) is 20.6 Å². The lowest BCUT2D eigenvalue weighted by Crippen LogP contribution is -2.29. The molecule has 0 aliphatic carbocycles. The van der Waals surface area contributed by atoms with E-state index in [9.17, 15) is 9.59 Å². The second-order valence-electron chi connectivity index (χ2n) is 5.55. The fraction of sp³-hybridized carbons (Fsp3) is 0.375. The topological polar surface area (TPSA) is 111 Å². The number of carbonyl (C=O) groups is 2. The number of anilines is 1. The number of rotatable bonds is 7. The molecule has 26 heavy (non-hydrogen) atoms. The molecule has 2 N–H and O–H groups in total. The molecule has 3 amide bonds. The summed E-state index contributed by atoms with van der Waals surface area (Å²) in [5.41, 5.74) is 0.864. The molecule has 1 heterocycles. The van der Waals surface area contributed by atoms with Crippen LogP contribution in [-0.4, -0.2) is 60.1 Å². The van der Waals surface area contributed by atoms with Crippen LogP contribution in [0.15, 0.2) is 24.4 Å². The standard InChI is InChI=1S/C16H22N6O4/c1-21(2)16(24)19-14-9-18-22(20-14)10-15(23)17-8-11-5-6-12(25-3)13(7-11)26-4/h5-7,9H,8,10H2,1-4H3,(H,17,23)(H,19,20,24). The molecule has 0 atom stereocenters. The predicted octanol–water partition coefficient (Wildman–Crippen LogP) is 0.705. The van der Waals surface area contributed by atoms with Gasteiger partial charge in [-0.25, -0.2) is 4.79 Å². The Morgan fingerprint density at radius 1 is 1.19 bits per heavy atom. The Bertz CT molecular complexity index is 774. The van der Waals surface area contributed by atoms with Crippen molar-refractivity contribution in [1.82, 2.24) is 25.2 Å². The quantitative estimate of drug-likeness (QED) is 0.750. The zero-order valence-electron chi connectivity index (χ0n) is 15.1. The van der Waals surface area contributed by atoms with Gasteiger partial charge in [0.05, 0.1) is 20.4 Å². The molecule has 0 spiro atoms. The van der Waals surface area contributed by atoms with Crippen molar-refractivity contribution < 1.29 is 19.1 Å². The largest absolute Gasteiger partial charge is 0.493 e. The van der Waals surface area contributed by atoms with Crippen LogP contribution in [0.4, 0.5) is 10.6 Å². The molecule has 0 saturated carbocycles. The summed E-state index contributed by atoms with van der Waals surface area (Å²) in [4.78, 5) is 26.2. The van der Waals surface area contributed by atoms with Gasteiger partial charge in [-0.2, -0.15) is 9.90 Å². The maximum absolute atomic E-state index is 12.0. The number of amides is 3. The lowest BCUT2D eigenvalue weighted by atomic mass is 10.2. The first-order valence-electron chi connectivity index (χ1n) is 7.79. The van der Waals surface area contributed by atoms with Crippen LogP contribution in [0, 0.1) is 0 Å². The van der Waals surface area contributed by atoms with Gasteiger partial charge in [-0.15, -0.1) is 5.10 Å². The van der Waals surface area contributed by atoms with E-state index >= 15 is 0 Å². The normalized spacial score (nSPS) is 10.2. The number of aromatic nitrogens is 3. The zero-order chi connectivity index (χ0) is 19.1. The van der Waals surface area contributed by atoms with Crippen molar-refractivity contribution >= 4 is 17.8 Å². The van der Waals surface area contributed by atoms with E-state index in [2.05, 4.69) is 20.8 Å². The summed E-state index contributed by atoms with van der Waals surface area (Å²) in [6.45, 7) is 0.260. The van der Waals surface area contributed by atoms with Crippen molar-refractivity contribution in [1.29, 1.82) is 0 Å². The van der Waals surface area contributed by atoms with Crippen LogP contribution in [-0.2, 0) is 17.9 Å². The van der Waals surface area contributed by atoms with Gasteiger partial charge < -0.3 is 19.7 Å². The summed E-state index contributed by atoms with van der Waals surface area (Å²) in [6, 6.07) is 5.08. The van der Waals surface area contributed by atoms with Gasteiger partial charge in [0.2, 0.25) is 5.91 Å². The Kier molecular flexibility index (Phi) is 6.36. The average Bonchev–Trinajstić information content (AvgIpc) is 3.06. The zero-order valence-corrected chi connectivity index (χ0v) is 15.1. The maximum atomic E-state index is 12.0. The lowest BCUT2D eigenvalue weighted by molar-refractivity contribution is -0.122. The highest BCUT2D eigenvalue weighted by Crippen LogP contribution is 2.27. The van der Waals surface area contributed by atoms with E-state index < -0.39 is 0 Å². The first-order chi connectivity index (χ1) is 12.4. The first-order valence-corrected chi connectivity index (χ1v) is 7.79. The molecular weight excluding hydrogens is 340 g/mol. The van der Waals surface area contributed by atoms with Crippen molar-refractivity contribution in [2.75, 3.05) is 33.6 Å². The van der Waals surface area contributed by atoms with Crippen molar-refractivity contribution in [2.45, 2.75) is 13.1 Å². The van der Waals surface area contributed by atoms with E-state index in [0.717, 1.165) is 5.56 Å². The van der Waals surface area contributed by atoms with Gasteiger partial charge in [0.1, 0.15) is 6.54 Å². The molecule has 0 saturated heterocycles. The third kappa shape index (κ3) is 5.10. The Labute approximate surface area is 151 Å². The second-order valence-corrected chi connectivity index (χ2v) is 5.55. The van der Waals surface area contributed by atoms with Crippen LogP contribution in [0.5, 0.6) is 11.5 Å². The van der Waals surface area contributed by atoms with E-state index in [4.69, 9.17) is 9.47 Å². The predicted molar refractivity (Wildman–Crippen MR) is 94.1 cm³/mol. The summed E-state index contributed by atoms with van der Waals surface area (Å²) in [5, 5.41) is 13.3. The van der Waals surface area contributed by atoms with Crippen LogP contribution >= 0.6 is 0 Å². The SMILES string of the molecule is COc1ccc(CNC(=O)Cn2ncc(NC(=O)N(C)C)n2)cc1OC. The highest BCUT2D eigenvalue weighted by atomic mass is 16.5. The van der Waals surface area contributed by atoms with Crippen molar-refractivity contribution in [3.05, 3.63) is 30.0 Å². The smallest absolute Gasteiger partial charge is 0.322 e. The van der Waals surface area contributed by atoms with Crippen molar-refractivity contribution in [2.24, 2.45) is 0 Å². The highest BCUT2D eigenvalue weighted by Gasteiger charge is 2.10. The Morgan fingerprint density at radius 2 is 1.92 bits per heavy atom. The van der Waals surface area contributed by atoms with Gasteiger partial charge >= 0.3 is 6.03 Å². The molecule has 0 aliphatic rings. The van der Waals surface area contributed by atoms with Crippen LogP contribution in [0.1, 0.15) is 5.56 Å². The number of nitrogens with zero attached hydrogens (tertiary/aromatic N) is 4. The summed E-state index contributed by atoms with van der Waals surface area (Å²) < 4.78 is 10.4. The molecule has 2 rings (SSSR count). The third-order valence-electron chi connectivity index (χ3n) is 3.40. The lowest BCUT2D eigenvalue weighted by Gasteiger charge is -2.10. The Morgan fingerprint density at radius 3 is 2.58 bits per heavy atom. The minimum Gasteiger partial charge on any atom is -0.493 e. The summed E-state index contributed by atoms with van der Waals surface area (Å²) in [5.74, 6) is 1.22. The van der Waals surface area contributed by atoms with Crippen LogP contribution in [0.3, 0.4) is 0 Å². The molecule has 0 aliphatic heterocycles. The molecule has 0 bridgehead atoms. The monoisotopic (exact) mass is 362 g/mol. The number of nitrogens with one attached hydrogen (secondary N) is 2. The van der Waals surface area contributed by atoms with Crippen LogP contribution in [0.2, 0.25) is 0 Å². The van der Waals surface area contributed by atoms with Gasteiger partial charge in [-0.3, -0.25) is 10.1 Å². The average molecular weight is 362 g/mol. The molecule has 0 unspecified atom stereocenters. The van der Waals surface area contributed by atoms with E-state index in [1.807, 2.05) is 6.07 Å². The second kappa shape index (κ2) is 8.70. The van der Waals surface area contributed by atoms with Crippen molar-refractivity contribution in [3.8, 4) is 11.5 Å². The summed E-state index contributed by atoms with van der Waals surface area (Å²) in [6.07, 6.45) is 1.38. The van der Waals surface area contributed by atoms with E-state index in [1.165, 1.54) is 15.9 Å². The van der Waals surface area contributed by atoms with Gasteiger partial charge in [0.25, 0.3) is 0 Å². The Balaban J connectivity index is 1.87. The van der Waals surface area contributed by atoms with Gasteiger partial charge in [-0.1, -0.05) is 6.07 Å². The van der Waals surface area contributed by atoms with E-state index in [0.29, 0.717) is 18.0 Å². The summed E-state index contributed by atoms with van der Waals surface area (Å²) in [7, 11) is 6.34. The first kappa shape index (κ1) is 19.0. The van der Waals surface area contributed by atoms with Crippen LogP contribution < -0.4 is 20.1 Å². The number of hydrogen-bond acceptors (Lipinski definition) is 6. The molecule has 1 aromatic carbocycles. The van der Waals surface area contributed by atoms with E-state index in [1.54, 1.807) is 40.4 Å². The van der Waals surface area contributed by atoms with Crippen LogP contribution in [0.25, 0.3) is 0 Å². The number of urea groups is 1. The number of hydrogen-bond donors (Lipinski definition) is 2. The highest BCUT2D eigenvalue weighted by molar-refractivity contribution is 5.87. The number of ether oxygens (including phenoxy) is 2. The molecular formula is C16H22N6O4. The summed E-state index contributed by atoms with van der Waals surface area (Å²) >= 11 is 0. The Hall–Kier alpha value is -3.30. The van der Waals surface area contributed by atoms with Gasteiger partial charge in [0.15, 0.2) is 17.3 Å². The number of benzene rings is 1. The molecule has 1 aromatic heterocycles. The maximum Gasteiger partial charge on any atom is 0.322 e. The number of carbonyl (C=O) groups excluding carboxylic acids is 2. The fourth-order valence-corrected chi connectivity index (χ4v) is 2.03.